The van der Waals surface area contributed by atoms with Crippen molar-refractivity contribution in [2.45, 2.75) is 32.6 Å². The molecule has 6 rings (SSSR count). The van der Waals surface area contributed by atoms with Crippen molar-refractivity contribution in [2.75, 3.05) is 12.3 Å². The Bertz CT molecular complexity index is 1880. The van der Waals surface area contributed by atoms with E-state index in [9.17, 15) is 22.8 Å². The third kappa shape index (κ3) is 6.86. The molecule has 0 unspecified atom stereocenters. The summed E-state index contributed by atoms with van der Waals surface area (Å²) in [5.74, 6) is -1.12. The zero-order chi connectivity index (χ0) is 32.3. The SMILES string of the molecule is Cc1c(CN2CCc3cc(N)ccc3C2)c(=O)n(-c2ccccc2)n1C.O=C(O)c1ccccc1-c1ccc(C(F)(F)F)cc1. The summed E-state index contributed by atoms with van der Waals surface area (Å²) in [5.41, 5.74) is 12.3. The third-order valence-corrected chi connectivity index (χ3v) is 8.06. The van der Waals surface area contributed by atoms with Crippen molar-refractivity contribution in [3.8, 4) is 16.8 Å². The Balaban J connectivity index is 0.000000187. The maximum absolute atomic E-state index is 13.1. The minimum absolute atomic E-state index is 0.0576. The van der Waals surface area contributed by atoms with Gasteiger partial charge in [-0.1, -0.05) is 54.6 Å². The zero-order valence-corrected chi connectivity index (χ0v) is 24.9. The van der Waals surface area contributed by atoms with Gasteiger partial charge in [0.1, 0.15) is 0 Å². The predicted molar refractivity (Wildman–Crippen MR) is 168 cm³/mol. The number of benzene rings is 4. The zero-order valence-electron chi connectivity index (χ0n) is 24.9. The van der Waals surface area contributed by atoms with Gasteiger partial charge in [0.2, 0.25) is 0 Å². The van der Waals surface area contributed by atoms with E-state index >= 15 is 0 Å². The van der Waals surface area contributed by atoms with Gasteiger partial charge in [-0.3, -0.25) is 14.4 Å². The molecule has 1 aliphatic heterocycles. The van der Waals surface area contributed by atoms with E-state index in [4.69, 9.17) is 10.8 Å². The van der Waals surface area contributed by atoms with Crippen molar-refractivity contribution in [1.82, 2.24) is 14.3 Å². The predicted octanol–water partition coefficient (Wildman–Crippen LogP) is 6.70. The molecule has 45 heavy (non-hydrogen) atoms. The van der Waals surface area contributed by atoms with Gasteiger partial charge in [0.25, 0.3) is 5.56 Å². The van der Waals surface area contributed by atoms with Crippen LogP contribution in [0, 0.1) is 6.92 Å². The summed E-state index contributed by atoms with van der Waals surface area (Å²) in [7, 11) is 1.95. The number of carboxylic acids is 1. The first-order valence-electron chi connectivity index (χ1n) is 14.4. The smallest absolute Gasteiger partial charge is 0.416 e. The maximum atomic E-state index is 13.1. The highest BCUT2D eigenvalue weighted by molar-refractivity contribution is 5.96. The number of aromatic nitrogens is 2. The number of hydrogen-bond donors (Lipinski definition) is 2. The molecule has 7 nitrogen and oxygen atoms in total. The molecule has 10 heteroatoms. The Labute approximate surface area is 258 Å². The minimum Gasteiger partial charge on any atom is -0.478 e. The molecule has 0 bridgehead atoms. The molecule has 0 atom stereocenters. The fourth-order valence-electron chi connectivity index (χ4n) is 5.56. The molecule has 0 spiro atoms. The van der Waals surface area contributed by atoms with Crippen LogP contribution >= 0.6 is 0 Å². The van der Waals surface area contributed by atoms with Crippen LogP contribution in [0.15, 0.2) is 102 Å². The van der Waals surface area contributed by atoms with Crippen molar-refractivity contribution in [3.05, 3.63) is 141 Å². The largest absolute Gasteiger partial charge is 0.478 e. The summed E-state index contributed by atoms with van der Waals surface area (Å²) in [4.78, 5) is 26.5. The van der Waals surface area contributed by atoms with Gasteiger partial charge in [-0.05, 0) is 78.1 Å². The first-order valence-corrected chi connectivity index (χ1v) is 14.4. The van der Waals surface area contributed by atoms with Crippen LogP contribution in [-0.4, -0.2) is 31.9 Å². The van der Waals surface area contributed by atoms with Crippen LogP contribution in [0.1, 0.15) is 38.3 Å². The molecule has 1 aromatic heterocycles. The molecule has 0 fully saturated rings. The number of para-hydroxylation sites is 1. The van der Waals surface area contributed by atoms with Crippen LogP contribution in [0.4, 0.5) is 18.9 Å². The summed E-state index contributed by atoms with van der Waals surface area (Å²) < 4.78 is 41.0. The van der Waals surface area contributed by atoms with Gasteiger partial charge < -0.3 is 10.8 Å². The topological polar surface area (TPSA) is 93.5 Å². The molecule has 1 aliphatic rings. The van der Waals surface area contributed by atoms with Crippen LogP contribution in [-0.2, 0) is 32.7 Å². The summed E-state index contributed by atoms with van der Waals surface area (Å²) >= 11 is 0. The molecule has 232 valence electrons. The van der Waals surface area contributed by atoms with E-state index in [0.717, 1.165) is 54.3 Å². The standard InChI is InChI=1S/C21H24N4O.C14H9F3O2/c1-15-20(21(26)25(23(15)2)19-6-4-3-5-7-19)14-24-11-10-16-12-18(22)9-8-17(16)13-24;15-14(16,17)10-7-5-9(6-8-10)11-3-1-2-4-12(11)13(18)19/h3-9,12H,10-11,13-14,22H2,1-2H3;1-8H,(H,18,19). The number of aromatic carboxylic acids is 1. The van der Waals surface area contributed by atoms with E-state index in [1.807, 2.05) is 55.1 Å². The van der Waals surface area contributed by atoms with Gasteiger partial charge in [0.15, 0.2) is 0 Å². The summed E-state index contributed by atoms with van der Waals surface area (Å²) in [6.07, 6.45) is -3.43. The Hall–Kier alpha value is -5.09. The van der Waals surface area contributed by atoms with E-state index in [1.165, 1.54) is 29.3 Å². The second-order valence-electron chi connectivity index (χ2n) is 11.0. The van der Waals surface area contributed by atoms with Crippen LogP contribution in [0.25, 0.3) is 16.8 Å². The second-order valence-corrected chi connectivity index (χ2v) is 11.0. The lowest BCUT2D eigenvalue weighted by atomic mass is 9.99. The summed E-state index contributed by atoms with van der Waals surface area (Å²) in [5, 5.41) is 9.03. The lowest BCUT2D eigenvalue weighted by Crippen LogP contribution is -2.32. The number of carboxylic acid groups (broad SMARTS) is 1. The minimum atomic E-state index is -4.40. The Morgan fingerprint density at radius 3 is 2.24 bits per heavy atom. The number of fused-ring (bicyclic) bond motifs is 1. The first kappa shape index (κ1) is 31.3. The van der Waals surface area contributed by atoms with Crippen molar-refractivity contribution >= 4 is 11.7 Å². The number of nitrogens with zero attached hydrogens (tertiary/aromatic N) is 3. The molecule has 5 aromatic rings. The van der Waals surface area contributed by atoms with Crippen molar-refractivity contribution in [3.63, 3.8) is 0 Å². The first-order chi connectivity index (χ1) is 21.4. The number of alkyl halides is 3. The molecule has 0 saturated carbocycles. The fourth-order valence-corrected chi connectivity index (χ4v) is 5.56. The average Bonchev–Trinajstić information content (AvgIpc) is 3.24. The van der Waals surface area contributed by atoms with Crippen molar-refractivity contribution < 1.29 is 23.1 Å². The highest BCUT2D eigenvalue weighted by Gasteiger charge is 2.30. The highest BCUT2D eigenvalue weighted by Crippen LogP contribution is 2.32. The number of nitrogens with two attached hydrogens (primary N) is 1. The van der Waals surface area contributed by atoms with Gasteiger partial charge in [-0.25, -0.2) is 9.48 Å². The number of nitrogen functional groups attached to an aromatic ring is 1. The van der Waals surface area contributed by atoms with Crippen LogP contribution in [0.3, 0.4) is 0 Å². The van der Waals surface area contributed by atoms with E-state index < -0.39 is 17.7 Å². The average molecular weight is 615 g/mol. The molecule has 4 aromatic carbocycles. The number of anilines is 1. The van der Waals surface area contributed by atoms with Gasteiger partial charge in [-0.15, -0.1) is 0 Å². The number of halogens is 3. The quantitative estimate of drug-likeness (QED) is 0.215. The molecule has 2 heterocycles. The number of rotatable bonds is 5. The normalized spacial score (nSPS) is 13.1. The second kappa shape index (κ2) is 12.9. The Kier molecular flexibility index (Phi) is 8.96. The number of hydrogen-bond acceptors (Lipinski definition) is 4. The van der Waals surface area contributed by atoms with E-state index in [-0.39, 0.29) is 11.1 Å². The van der Waals surface area contributed by atoms with Crippen LogP contribution in [0.2, 0.25) is 0 Å². The summed E-state index contributed by atoms with van der Waals surface area (Å²) in [6.45, 7) is 4.49. The van der Waals surface area contributed by atoms with Crippen LogP contribution < -0.4 is 11.3 Å². The van der Waals surface area contributed by atoms with E-state index in [2.05, 4.69) is 17.0 Å². The fraction of sp³-hybridized carbons (Fsp3) is 0.200. The Morgan fingerprint density at radius 2 is 1.58 bits per heavy atom. The molecular weight excluding hydrogens is 581 g/mol. The summed E-state index contributed by atoms with van der Waals surface area (Å²) in [6, 6.07) is 26.5. The third-order valence-electron chi connectivity index (χ3n) is 8.06. The molecule has 0 amide bonds. The van der Waals surface area contributed by atoms with Gasteiger partial charge >= 0.3 is 12.1 Å². The van der Waals surface area contributed by atoms with E-state index in [1.54, 1.807) is 22.9 Å². The Morgan fingerprint density at radius 1 is 0.911 bits per heavy atom. The molecule has 3 N–H and O–H groups in total. The monoisotopic (exact) mass is 614 g/mol. The molecule has 0 aliphatic carbocycles. The molecule has 0 saturated heterocycles. The molecule has 0 radical (unpaired) electrons. The van der Waals surface area contributed by atoms with Crippen molar-refractivity contribution in [1.29, 1.82) is 0 Å². The lowest BCUT2D eigenvalue weighted by molar-refractivity contribution is -0.137. The maximum Gasteiger partial charge on any atom is 0.416 e. The highest BCUT2D eigenvalue weighted by atomic mass is 19.4. The van der Waals surface area contributed by atoms with Gasteiger partial charge in [0.05, 0.1) is 22.4 Å². The lowest BCUT2D eigenvalue weighted by Gasteiger charge is -2.28. The van der Waals surface area contributed by atoms with E-state index in [0.29, 0.717) is 17.7 Å². The number of carbonyl (C=O) groups is 1. The van der Waals surface area contributed by atoms with Crippen LogP contribution in [0.5, 0.6) is 0 Å². The van der Waals surface area contributed by atoms with Gasteiger partial charge in [0, 0.05) is 38.1 Å². The van der Waals surface area contributed by atoms with Crippen molar-refractivity contribution in [2.24, 2.45) is 7.05 Å². The molecular formula is C35H33F3N4O3. The van der Waals surface area contributed by atoms with Gasteiger partial charge in [-0.2, -0.15) is 13.2 Å².